The summed E-state index contributed by atoms with van der Waals surface area (Å²) in [5.74, 6) is -0.374. The molecular weight excluding hydrogens is 286 g/mol. The molecule has 118 valence electrons. The van der Waals surface area contributed by atoms with Crippen LogP contribution in [0.3, 0.4) is 0 Å². The molecule has 0 unspecified atom stereocenters. The molecule has 22 heavy (non-hydrogen) atoms. The van der Waals surface area contributed by atoms with E-state index in [1.54, 1.807) is 12.1 Å². The van der Waals surface area contributed by atoms with Crippen LogP contribution in [-0.4, -0.2) is 29.9 Å². The van der Waals surface area contributed by atoms with Gasteiger partial charge in [0.25, 0.3) is 5.69 Å². The Bertz CT molecular complexity index is 617. The summed E-state index contributed by atoms with van der Waals surface area (Å²) < 4.78 is 0. The van der Waals surface area contributed by atoms with Gasteiger partial charge in [-0.2, -0.15) is 4.99 Å². The van der Waals surface area contributed by atoms with Crippen LogP contribution in [0.2, 0.25) is 0 Å². The number of hydrogen-bond acceptors (Lipinski definition) is 4. The lowest BCUT2D eigenvalue weighted by atomic mass is 10.1. The van der Waals surface area contributed by atoms with Crippen LogP contribution in [0.1, 0.15) is 19.3 Å². The third-order valence-corrected chi connectivity index (χ3v) is 3.34. The molecule has 1 saturated heterocycles. The second kappa shape index (κ2) is 6.74. The number of aliphatic imine (C=N–C) groups is 2. The Morgan fingerprint density at radius 2 is 1.86 bits per heavy atom. The van der Waals surface area contributed by atoms with E-state index in [0.717, 1.165) is 32.4 Å². The van der Waals surface area contributed by atoms with Crippen molar-refractivity contribution in [2.24, 2.45) is 27.2 Å². The molecule has 0 atom stereocenters. The Hall–Kier alpha value is -2.84. The predicted octanol–water partition coefficient (Wildman–Crippen LogP) is 0.805. The van der Waals surface area contributed by atoms with Gasteiger partial charge in [-0.3, -0.25) is 10.1 Å². The average Bonchev–Trinajstić information content (AvgIpc) is 2.47. The van der Waals surface area contributed by atoms with E-state index in [4.69, 9.17) is 17.2 Å². The van der Waals surface area contributed by atoms with Gasteiger partial charge in [0, 0.05) is 19.2 Å². The van der Waals surface area contributed by atoms with Gasteiger partial charge in [0.15, 0.2) is 5.96 Å². The highest BCUT2D eigenvalue weighted by atomic mass is 16.6. The fourth-order valence-corrected chi connectivity index (χ4v) is 2.42. The van der Waals surface area contributed by atoms with Crippen molar-refractivity contribution in [1.29, 1.82) is 0 Å². The van der Waals surface area contributed by atoms with Crippen LogP contribution in [0.25, 0.3) is 0 Å². The molecule has 0 aliphatic carbocycles. The van der Waals surface area contributed by atoms with Crippen molar-refractivity contribution in [3.8, 4) is 0 Å². The first-order chi connectivity index (χ1) is 10.5. The molecule has 0 radical (unpaired) electrons. The lowest BCUT2D eigenvalue weighted by molar-refractivity contribution is -0.384. The molecule has 6 N–H and O–H groups in total. The number of anilines is 1. The van der Waals surface area contributed by atoms with Gasteiger partial charge in [0.1, 0.15) is 5.69 Å². The predicted molar refractivity (Wildman–Crippen MR) is 86.3 cm³/mol. The van der Waals surface area contributed by atoms with Crippen molar-refractivity contribution in [1.82, 2.24) is 0 Å². The highest BCUT2D eigenvalue weighted by Crippen LogP contribution is 2.33. The molecule has 9 nitrogen and oxygen atoms in total. The highest BCUT2D eigenvalue weighted by Gasteiger charge is 2.21. The van der Waals surface area contributed by atoms with E-state index >= 15 is 0 Å². The van der Waals surface area contributed by atoms with E-state index in [1.807, 2.05) is 4.90 Å². The number of hydrogen-bond donors (Lipinski definition) is 3. The number of nitro groups is 1. The van der Waals surface area contributed by atoms with Gasteiger partial charge >= 0.3 is 0 Å². The summed E-state index contributed by atoms with van der Waals surface area (Å²) in [6.45, 7) is 1.64. The average molecular weight is 305 g/mol. The molecule has 0 spiro atoms. The first kappa shape index (κ1) is 15.5. The molecule has 0 bridgehead atoms. The van der Waals surface area contributed by atoms with Gasteiger partial charge in [-0.15, -0.1) is 0 Å². The largest absolute Gasteiger partial charge is 0.370 e. The van der Waals surface area contributed by atoms with E-state index in [1.165, 1.54) is 6.07 Å². The van der Waals surface area contributed by atoms with Gasteiger partial charge in [0.05, 0.1) is 10.6 Å². The Morgan fingerprint density at radius 3 is 2.45 bits per heavy atom. The Kier molecular flexibility index (Phi) is 4.77. The maximum atomic E-state index is 11.3. The van der Waals surface area contributed by atoms with Crippen LogP contribution < -0.4 is 22.1 Å². The Labute approximate surface area is 127 Å². The maximum absolute atomic E-state index is 11.3. The smallest absolute Gasteiger partial charge is 0.294 e. The van der Waals surface area contributed by atoms with E-state index in [2.05, 4.69) is 9.98 Å². The normalized spacial score (nSPS) is 15.5. The lowest BCUT2D eigenvalue weighted by Gasteiger charge is -2.28. The topological polar surface area (TPSA) is 149 Å². The van der Waals surface area contributed by atoms with Crippen LogP contribution >= 0.6 is 0 Å². The number of rotatable bonds is 3. The van der Waals surface area contributed by atoms with Crippen molar-refractivity contribution in [3.05, 3.63) is 28.3 Å². The van der Waals surface area contributed by atoms with Gasteiger partial charge in [0.2, 0.25) is 5.96 Å². The zero-order chi connectivity index (χ0) is 16.1. The molecule has 9 heteroatoms. The molecular formula is C13H19N7O2. The number of nitrogens with two attached hydrogens (primary N) is 3. The minimum atomic E-state index is -0.417. The second-order valence-electron chi connectivity index (χ2n) is 4.98. The van der Waals surface area contributed by atoms with Crippen LogP contribution in [-0.2, 0) is 0 Å². The number of nitrogens with zero attached hydrogens (tertiary/aromatic N) is 4. The van der Waals surface area contributed by atoms with Crippen molar-refractivity contribution < 1.29 is 4.92 Å². The standard InChI is InChI=1S/C13H19N7O2/c14-12(15)18-13(16)17-9-4-5-10(11(8-9)20(21)22)19-6-2-1-3-7-19/h4-5,8H,1-3,6-7H2,(H6,14,15,16,17,18). The van der Waals surface area contributed by atoms with Gasteiger partial charge in [-0.05, 0) is 31.4 Å². The Morgan fingerprint density at radius 1 is 1.18 bits per heavy atom. The van der Waals surface area contributed by atoms with Gasteiger partial charge in [-0.25, -0.2) is 4.99 Å². The first-order valence-electron chi connectivity index (χ1n) is 6.94. The van der Waals surface area contributed by atoms with Gasteiger partial charge in [-0.1, -0.05) is 0 Å². The zero-order valence-corrected chi connectivity index (χ0v) is 12.1. The molecule has 1 aromatic rings. The summed E-state index contributed by atoms with van der Waals surface area (Å²) in [4.78, 5) is 20.4. The molecule has 1 aliphatic heterocycles. The first-order valence-corrected chi connectivity index (χ1v) is 6.94. The van der Waals surface area contributed by atoms with Crippen LogP contribution in [0.4, 0.5) is 17.1 Å². The van der Waals surface area contributed by atoms with Crippen LogP contribution in [0.15, 0.2) is 28.2 Å². The quantitative estimate of drug-likeness (QED) is 0.325. The summed E-state index contributed by atoms with van der Waals surface area (Å²) in [7, 11) is 0. The SMILES string of the molecule is NC(N)=NC(N)=Nc1ccc(N2CCCCC2)c([N+](=O)[O-])c1. The number of benzene rings is 1. The molecule has 0 amide bonds. The lowest BCUT2D eigenvalue weighted by Crippen LogP contribution is -2.29. The second-order valence-corrected chi connectivity index (χ2v) is 4.98. The molecule has 1 heterocycles. The molecule has 1 fully saturated rings. The van der Waals surface area contributed by atoms with E-state index in [-0.39, 0.29) is 17.6 Å². The zero-order valence-electron chi connectivity index (χ0n) is 12.1. The van der Waals surface area contributed by atoms with Crippen molar-refractivity contribution >= 4 is 29.0 Å². The van der Waals surface area contributed by atoms with Crippen LogP contribution in [0, 0.1) is 10.1 Å². The van der Waals surface area contributed by atoms with E-state index in [0.29, 0.717) is 11.4 Å². The number of guanidine groups is 2. The van der Waals surface area contributed by atoms with Crippen molar-refractivity contribution in [2.45, 2.75) is 19.3 Å². The summed E-state index contributed by atoms with van der Waals surface area (Å²) >= 11 is 0. The van der Waals surface area contributed by atoms with Gasteiger partial charge < -0.3 is 22.1 Å². The Balaban J connectivity index is 2.34. The monoisotopic (exact) mass is 305 g/mol. The summed E-state index contributed by atoms with van der Waals surface area (Å²) in [6.07, 6.45) is 3.23. The minimum absolute atomic E-state index is 0.000602. The number of nitro benzene ring substituents is 1. The molecule has 1 aromatic carbocycles. The maximum Gasteiger partial charge on any atom is 0.294 e. The minimum Gasteiger partial charge on any atom is -0.370 e. The summed E-state index contributed by atoms with van der Waals surface area (Å²) in [6, 6.07) is 4.72. The summed E-state index contributed by atoms with van der Waals surface area (Å²) in [5.41, 5.74) is 16.9. The molecule has 0 saturated carbocycles. The molecule has 1 aliphatic rings. The van der Waals surface area contributed by atoms with Crippen molar-refractivity contribution in [3.63, 3.8) is 0 Å². The van der Waals surface area contributed by atoms with E-state index < -0.39 is 4.92 Å². The van der Waals surface area contributed by atoms with Crippen molar-refractivity contribution in [2.75, 3.05) is 18.0 Å². The van der Waals surface area contributed by atoms with E-state index in [9.17, 15) is 10.1 Å². The van der Waals surface area contributed by atoms with Crippen LogP contribution in [0.5, 0.6) is 0 Å². The third kappa shape index (κ3) is 3.84. The third-order valence-electron chi connectivity index (χ3n) is 3.34. The fraction of sp³-hybridized carbons (Fsp3) is 0.385. The summed E-state index contributed by atoms with van der Waals surface area (Å²) in [5, 5.41) is 11.3. The number of piperidine rings is 1. The fourth-order valence-electron chi connectivity index (χ4n) is 2.42. The highest BCUT2D eigenvalue weighted by molar-refractivity contribution is 5.93. The molecule has 0 aromatic heterocycles. The molecule has 2 rings (SSSR count).